The summed E-state index contributed by atoms with van der Waals surface area (Å²) in [6.07, 6.45) is 0.982. The molecule has 0 aliphatic rings. The van der Waals surface area contributed by atoms with Gasteiger partial charge in [-0.25, -0.2) is 0 Å². The number of ether oxygens (including phenoxy) is 1. The topological polar surface area (TPSA) is 35.0 Å². The monoisotopic (exact) mass is 242 g/mol. The standard InChI is InChI=1S/C12H19ClN2O/c1-8-9(2)11(15-14-10(8)13)16-7-6-12(3,4)5/h6-7H2,1-5H3. The molecule has 0 atom stereocenters. The number of nitrogens with zero attached hydrogens (tertiary/aromatic N) is 2. The van der Waals surface area contributed by atoms with Gasteiger partial charge in [0.25, 0.3) is 0 Å². The van der Waals surface area contributed by atoms with E-state index >= 15 is 0 Å². The van der Waals surface area contributed by atoms with E-state index < -0.39 is 0 Å². The van der Waals surface area contributed by atoms with E-state index in [0.717, 1.165) is 17.5 Å². The van der Waals surface area contributed by atoms with Crippen molar-refractivity contribution in [3.05, 3.63) is 16.3 Å². The molecule has 0 unspecified atom stereocenters. The summed E-state index contributed by atoms with van der Waals surface area (Å²) in [5.74, 6) is 0.589. The Morgan fingerprint density at radius 3 is 2.31 bits per heavy atom. The minimum Gasteiger partial charge on any atom is -0.476 e. The molecule has 0 bridgehead atoms. The molecular weight excluding hydrogens is 224 g/mol. The molecule has 16 heavy (non-hydrogen) atoms. The Labute approximate surface area is 102 Å². The normalized spacial score (nSPS) is 11.6. The minimum absolute atomic E-state index is 0.267. The van der Waals surface area contributed by atoms with Crippen LogP contribution in [0.15, 0.2) is 0 Å². The molecule has 0 N–H and O–H groups in total. The molecule has 3 nitrogen and oxygen atoms in total. The molecule has 0 radical (unpaired) electrons. The lowest BCUT2D eigenvalue weighted by molar-refractivity contribution is 0.233. The van der Waals surface area contributed by atoms with Crippen LogP contribution in [0.3, 0.4) is 0 Å². The van der Waals surface area contributed by atoms with E-state index in [9.17, 15) is 0 Å². The van der Waals surface area contributed by atoms with Crippen molar-refractivity contribution in [2.24, 2.45) is 5.41 Å². The highest BCUT2D eigenvalue weighted by Gasteiger charge is 2.12. The summed E-state index contributed by atoms with van der Waals surface area (Å²) < 4.78 is 5.62. The second kappa shape index (κ2) is 5.00. The van der Waals surface area contributed by atoms with Gasteiger partial charge >= 0.3 is 0 Å². The van der Waals surface area contributed by atoms with Crippen molar-refractivity contribution < 1.29 is 4.74 Å². The van der Waals surface area contributed by atoms with Crippen LogP contribution in [0, 0.1) is 19.3 Å². The van der Waals surface area contributed by atoms with Crippen molar-refractivity contribution in [1.82, 2.24) is 10.2 Å². The van der Waals surface area contributed by atoms with E-state index in [1.165, 1.54) is 0 Å². The van der Waals surface area contributed by atoms with Crippen LogP contribution >= 0.6 is 11.6 Å². The summed E-state index contributed by atoms with van der Waals surface area (Å²) in [7, 11) is 0. The Hall–Kier alpha value is -0.830. The van der Waals surface area contributed by atoms with Gasteiger partial charge in [0.2, 0.25) is 5.88 Å². The summed E-state index contributed by atoms with van der Waals surface area (Å²) in [5.41, 5.74) is 2.17. The van der Waals surface area contributed by atoms with Gasteiger partial charge in [0.15, 0.2) is 5.15 Å². The van der Waals surface area contributed by atoms with E-state index in [-0.39, 0.29) is 5.41 Å². The lowest BCUT2D eigenvalue weighted by Crippen LogP contribution is -2.12. The maximum atomic E-state index is 5.86. The highest BCUT2D eigenvalue weighted by Crippen LogP contribution is 2.24. The average Bonchev–Trinajstić information content (AvgIpc) is 2.16. The lowest BCUT2D eigenvalue weighted by atomic mass is 9.93. The van der Waals surface area contributed by atoms with Crippen molar-refractivity contribution in [3.8, 4) is 5.88 Å². The van der Waals surface area contributed by atoms with Crippen LogP contribution in [0.1, 0.15) is 38.3 Å². The number of hydrogen-bond donors (Lipinski definition) is 0. The molecule has 1 heterocycles. The van der Waals surface area contributed by atoms with Crippen LogP contribution in [-0.2, 0) is 0 Å². The van der Waals surface area contributed by atoms with Crippen LogP contribution in [-0.4, -0.2) is 16.8 Å². The zero-order valence-corrected chi connectivity index (χ0v) is 11.4. The smallest absolute Gasteiger partial charge is 0.236 e. The SMILES string of the molecule is Cc1c(Cl)nnc(OCCC(C)(C)C)c1C. The molecule has 0 amide bonds. The molecule has 0 aromatic carbocycles. The predicted molar refractivity (Wildman–Crippen MR) is 66.1 cm³/mol. The van der Waals surface area contributed by atoms with Gasteiger partial charge in [-0.3, -0.25) is 0 Å². The Bertz CT molecular complexity index is 372. The van der Waals surface area contributed by atoms with Gasteiger partial charge in [-0.1, -0.05) is 32.4 Å². The quantitative estimate of drug-likeness (QED) is 0.813. The fraction of sp³-hybridized carbons (Fsp3) is 0.667. The molecule has 0 spiro atoms. The van der Waals surface area contributed by atoms with Crippen molar-refractivity contribution in [2.75, 3.05) is 6.61 Å². The van der Waals surface area contributed by atoms with Crippen molar-refractivity contribution in [2.45, 2.75) is 41.0 Å². The maximum absolute atomic E-state index is 5.86. The van der Waals surface area contributed by atoms with Crippen LogP contribution < -0.4 is 4.74 Å². The predicted octanol–water partition coefficient (Wildman–Crippen LogP) is 3.56. The third kappa shape index (κ3) is 3.63. The van der Waals surface area contributed by atoms with Crippen molar-refractivity contribution in [1.29, 1.82) is 0 Å². The second-order valence-electron chi connectivity index (χ2n) is 5.21. The molecule has 4 heteroatoms. The molecule has 90 valence electrons. The van der Waals surface area contributed by atoms with Crippen LogP contribution in [0.4, 0.5) is 0 Å². The summed E-state index contributed by atoms with van der Waals surface area (Å²) >= 11 is 5.86. The second-order valence-corrected chi connectivity index (χ2v) is 5.56. The van der Waals surface area contributed by atoms with E-state index in [0.29, 0.717) is 17.6 Å². The zero-order chi connectivity index (χ0) is 12.3. The largest absolute Gasteiger partial charge is 0.476 e. The first kappa shape index (κ1) is 13.2. The Balaban J connectivity index is 2.65. The van der Waals surface area contributed by atoms with Crippen LogP contribution in [0.5, 0.6) is 5.88 Å². The molecule has 0 aliphatic carbocycles. The third-order valence-electron chi connectivity index (χ3n) is 2.51. The van der Waals surface area contributed by atoms with Gasteiger partial charge in [-0.2, -0.15) is 0 Å². The van der Waals surface area contributed by atoms with Gasteiger partial charge in [0.1, 0.15) is 0 Å². The van der Waals surface area contributed by atoms with Crippen molar-refractivity contribution in [3.63, 3.8) is 0 Å². The Morgan fingerprint density at radius 2 is 1.75 bits per heavy atom. The first-order valence-corrected chi connectivity index (χ1v) is 5.81. The molecule has 0 saturated heterocycles. The van der Waals surface area contributed by atoms with E-state index in [4.69, 9.17) is 16.3 Å². The number of aromatic nitrogens is 2. The summed E-state index contributed by atoms with van der Waals surface area (Å²) in [4.78, 5) is 0. The van der Waals surface area contributed by atoms with Crippen molar-refractivity contribution >= 4 is 11.6 Å². The summed E-state index contributed by atoms with van der Waals surface area (Å²) in [6.45, 7) is 11.1. The van der Waals surface area contributed by atoms with Gasteiger partial charge in [0, 0.05) is 5.56 Å². The first-order valence-electron chi connectivity index (χ1n) is 5.43. The fourth-order valence-corrected chi connectivity index (χ4v) is 1.32. The first-order chi connectivity index (χ1) is 7.31. The molecule has 0 aliphatic heterocycles. The van der Waals surface area contributed by atoms with Crippen LogP contribution in [0.2, 0.25) is 5.15 Å². The molecule has 1 rings (SSSR count). The molecule has 0 saturated carbocycles. The Morgan fingerprint density at radius 1 is 1.12 bits per heavy atom. The fourth-order valence-electron chi connectivity index (χ4n) is 1.15. The molecule has 1 aromatic heterocycles. The third-order valence-corrected chi connectivity index (χ3v) is 2.87. The number of halogens is 1. The van der Waals surface area contributed by atoms with E-state index in [1.54, 1.807) is 0 Å². The van der Waals surface area contributed by atoms with Gasteiger partial charge in [-0.15, -0.1) is 10.2 Å². The summed E-state index contributed by atoms with van der Waals surface area (Å²) in [6, 6.07) is 0. The zero-order valence-electron chi connectivity index (χ0n) is 10.6. The number of rotatable bonds is 3. The van der Waals surface area contributed by atoms with Gasteiger partial charge in [0.05, 0.1) is 6.61 Å². The highest BCUT2D eigenvalue weighted by atomic mass is 35.5. The molecule has 0 fully saturated rings. The van der Waals surface area contributed by atoms with E-state index in [2.05, 4.69) is 31.0 Å². The molecule has 1 aromatic rings. The summed E-state index contributed by atoms with van der Waals surface area (Å²) in [5, 5.41) is 8.24. The van der Waals surface area contributed by atoms with Crippen LogP contribution in [0.25, 0.3) is 0 Å². The Kier molecular flexibility index (Phi) is 4.14. The van der Waals surface area contributed by atoms with E-state index in [1.807, 2.05) is 13.8 Å². The highest BCUT2D eigenvalue weighted by molar-refractivity contribution is 6.30. The van der Waals surface area contributed by atoms with Gasteiger partial charge in [-0.05, 0) is 31.2 Å². The average molecular weight is 243 g/mol. The minimum atomic E-state index is 0.267. The molecular formula is C12H19ClN2O. The maximum Gasteiger partial charge on any atom is 0.236 e. The number of hydrogen-bond acceptors (Lipinski definition) is 3. The van der Waals surface area contributed by atoms with Gasteiger partial charge < -0.3 is 4.74 Å². The lowest BCUT2D eigenvalue weighted by Gasteiger charge is -2.18.